The van der Waals surface area contributed by atoms with Crippen molar-refractivity contribution in [2.24, 2.45) is 0 Å². The Hall–Kier alpha value is -6.73. The Morgan fingerprint density at radius 3 is 1.82 bits per heavy atom. The fraction of sp³-hybridized carbons (Fsp3) is 0.218. The second-order valence-electron chi connectivity index (χ2n) is 16.1. The first kappa shape index (κ1) is 58.2. The number of benzene rings is 3. The van der Waals surface area contributed by atoms with Crippen LogP contribution in [0.5, 0.6) is 0 Å². The van der Waals surface area contributed by atoms with E-state index in [2.05, 4.69) is 53.0 Å². The maximum atomic E-state index is 12.9. The van der Waals surface area contributed by atoms with E-state index in [-0.39, 0.29) is 70.4 Å². The molecule has 385 valence electrons. The quantitative estimate of drug-likeness (QED) is 0.0164. The predicted molar refractivity (Wildman–Crippen MR) is 287 cm³/mol. The Kier molecular flexibility index (Phi) is 25.0. The molecule has 0 aliphatic carbocycles. The molecule has 19 heteroatoms. The van der Waals surface area contributed by atoms with Crippen LogP contribution in [0.25, 0.3) is 44.3 Å². The van der Waals surface area contributed by atoms with E-state index in [0.717, 1.165) is 49.4 Å². The smallest absolute Gasteiger partial charge is 0.267 e. The number of aromatic nitrogens is 5. The van der Waals surface area contributed by atoms with Gasteiger partial charge in [-0.05, 0) is 89.5 Å². The standard InChI is InChI=1S/C33H38N6O7S3.2C11H8N.Ir/c40-25(21-24-20-23-8-6-16-36-31(23)32-26(24)10-7-17-37-32)9-5-12-29(42)39-27(22-49(44,45)46)33(43)38-15-3-1-11-28(41)34-18-19-47-48-30-13-2-4-14-35-30;2*1-2-6-10(7-3-1)11-8-4-5-9-12-11;/h2,4,6-8,10,13-14,16-17,20,27H,1,3,5,9,11-12,15,18-19,21-22H2,(H,34,41)(H,38,43)(H,39,42)(H,44,45,46);2*1-6,8-9H;/q;2*-1;. The molecule has 0 aliphatic heterocycles. The molecule has 1 unspecified atom stereocenters. The van der Waals surface area contributed by atoms with Crippen LogP contribution in [0.2, 0.25) is 0 Å². The maximum absolute atomic E-state index is 12.9. The number of rotatable bonds is 22. The van der Waals surface area contributed by atoms with E-state index in [9.17, 15) is 32.1 Å². The molecule has 0 fully saturated rings. The number of nitrogens with one attached hydrogen (secondary N) is 3. The molecule has 8 rings (SSSR count). The number of Topliss-reactive ketones (excluding diaryl/α,β-unsaturated/α-hetero) is 1. The molecular formula is C55H54IrN8O7S3-2. The van der Waals surface area contributed by atoms with Crippen LogP contribution in [0.1, 0.15) is 44.1 Å². The van der Waals surface area contributed by atoms with Crippen molar-refractivity contribution in [2.45, 2.75) is 56.0 Å². The van der Waals surface area contributed by atoms with Crippen molar-refractivity contribution in [1.82, 2.24) is 40.9 Å². The first-order chi connectivity index (χ1) is 35.5. The molecule has 1 atom stereocenters. The van der Waals surface area contributed by atoms with Crippen LogP contribution in [0.3, 0.4) is 0 Å². The van der Waals surface area contributed by atoms with E-state index in [1.165, 1.54) is 10.8 Å². The summed E-state index contributed by atoms with van der Waals surface area (Å²) in [5, 5.41) is 10.3. The molecule has 0 saturated carbocycles. The van der Waals surface area contributed by atoms with Crippen molar-refractivity contribution < 1.29 is 52.3 Å². The van der Waals surface area contributed by atoms with Crippen molar-refractivity contribution >= 4 is 77.0 Å². The molecule has 4 N–H and O–H groups in total. The summed E-state index contributed by atoms with van der Waals surface area (Å²) in [4.78, 5) is 71.8. The van der Waals surface area contributed by atoms with Crippen molar-refractivity contribution in [3.8, 4) is 22.5 Å². The fourth-order valence-corrected chi connectivity index (χ4v) is 9.56. The molecule has 3 amide bonds. The monoisotopic (exact) mass is 1230 g/mol. The van der Waals surface area contributed by atoms with Crippen LogP contribution in [0.4, 0.5) is 0 Å². The van der Waals surface area contributed by atoms with Crippen molar-refractivity contribution in [3.63, 3.8) is 0 Å². The van der Waals surface area contributed by atoms with Crippen LogP contribution in [0.15, 0.2) is 169 Å². The van der Waals surface area contributed by atoms with E-state index < -0.39 is 33.7 Å². The molecule has 74 heavy (non-hydrogen) atoms. The molecule has 0 bridgehead atoms. The van der Waals surface area contributed by atoms with Gasteiger partial charge in [0.05, 0.1) is 11.0 Å². The van der Waals surface area contributed by atoms with E-state index >= 15 is 0 Å². The summed E-state index contributed by atoms with van der Waals surface area (Å²) >= 11 is 0. The van der Waals surface area contributed by atoms with Crippen LogP contribution < -0.4 is 16.0 Å². The molecule has 0 saturated heterocycles. The predicted octanol–water partition coefficient (Wildman–Crippen LogP) is 8.77. The SMILES string of the molecule is O=C(CCCC(=O)NC(CS(=O)(=O)O)C(=O)NCCCCC(=O)NCCSSc1ccccn1)Cc1cc2cccnc2c2ncccc12.[Ir].[c-]1ccccc1-c1ccccn1.[c-]1ccccc1-c1ccccn1. The minimum absolute atomic E-state index is 0. The fourth-order valence-electron chi connectivity index (χ4n) is 7.12. The number of carbonyl (C=O) groups excluding carboxylic acids is 4. The number of unbranched alkanes of at least 4 members (excludes halogenated alkanes) is 1. The summed E-state index contributed by atoms with van der Waals surface area (Å²) in [5.74, 6) is -1.92. The minimum atomic E-state index is -4.59. The van der Waals surface area contributed by atoms with Gasteiger partial charge in [-0.15, -0.1) is 71.8 Å². The van der Waals surface area contributed by atoms with Gasteiger partial charge in [0.2, 0.25) is 17.7 Å². The number of ketones is 1. The zero-order valence-electron chi connectivity index (χ0n) is 40.1. The molecule has 15 nitrogen and oxygen atoms in total. The Morgan fingerprint density at radius 2 is 1.22 bits per heavy atom. The van der Waals surface area contributed by atoms with E-state index in [4.69, 9.17) is 0 Å². The van der Waals surface area contributed by atoms with Gasteiger partial charge in [0.15, 0.2) is 0 Å². The van der Waals surface area contributed by atoms with Crippen LogP contribution in [-0.4, -0.2) is 92.0 Å². The van der Waals surface area contributed by atoms with Crippen LogP contribution in [-0.2, 0) is 55.8 Å². The van der Waals surface area contributed by atoms with Gasteiger partial charge in [-0.2, -0.15) is 8.42 Å². The molecule has 0 aliphatic rings. The topological polar surface area (TPSA) is 223 Å². The Balaban J connectivity index is 0.000000325. The maximum Gasteiger partial charge on any atom is 0.267 e. The third-order valence-electron chi connectivity index (χ3n) is 10.5. The Bertz CT molecular complexity index is 2950. The van der Waals surface area contributed by atoms with Crippen molar-refractivity contribution in [2.75, 3.05) is 24.6 Å². The van der Waals surface area contributed by atoms with Gasteiger partial charge < -0.3 is 25.9 Å². The average Bonchev–Trinajstić information content (AvgIpc) is 3.42. The third kappa shape index (κ3) is 20.6. The minimum Gasteiger partial charge on any atom is -0.355 e. The molecule has 5 aromatic heterocycles. The van der Waals surface area contributed by atoms with Crippen molar-refractivity contribution in [1.29, 1.82) is 0 Å². The van der Waals surface area contributed by atoms with Gasteiger partial charge in [-0.3, -0.25) is 33.7 Å². The zero-order chi connectivity index (χ0) is 51.5. The number of carbonyl (C=O) groups is 4. The summed E-state index contributed by atoms with van der Waals surface area (Å²) < 4.78 is 32.5. The molecule has 3 aromatic carbocycles. The number of hydrogen-bond donors (Lipinski definition) is 4. The summed E-state index contributed by atoms with van der Waals surface area (Å²) in [6.07, 6.45) is 10.1. The number of amides is 3. The van der Waals surface area contributed by atoms with Gasteiger partial charge in [0, 0.05) is 106 Å². The van der Waals surface area contributed by atoms with Gasteiger partial charge in [0.1, 0.15) is 22.6 Å². The second-order valence-corrected chi connectivity index (χ2v) is 20.0. The van der Waals surface area contributed by atoms with Gasteiger partial charge in [0.25, 0.3) is 10.1 Å². The number of nitrogens with zero attached hydrogens (tertiary/aromatic N) is 5. The number of pyridine rings is 5. The molecule has 8 aromatic rings. The summed E-state index contributed by atoms with van der Waals surface area (Å²) in [7, 11) is -1.48. The zero-order valence-corrected chi connectivity index (χ0v) is 45.0. The van der Waals surface area contributed by atoms with Gasteiger partial charge in [-0.1, -0.05) is 53.3 Å². The van der Waals surface area contributed by atoms with Crippen LogP contribution >= 0.6 is 21.6 Å². The van der Waals surface area contributed by atoms with Crippen molar-refractivity contribution in [3.05, 3.63) is 182 Å². The molecule has 0 spiro atoms. The van der Waals surface area contributed by atoms with Gasteiger partial charge >= 0.3 is 0 Å². The Morgan fingerprint density at radius 1 is 0.608 bits per heavy atom. The largest absolute Gasteiger partial charge is 0.355 e. The summed E-state index contributed by atoms with van der Waals surface area (Å²) in [6.45, 7) is 0.645. The first-order valence-corrected chi connectivity index (χ1v) is 27.3. The Labute approximate surface area is 452 Å². The summed E-state index contributed by atoms with van der Waals surface area (Å²) in [6, 6.07) is 47.1. The molecule has 5 heterocycles. The summed E-state index contributed by atoms with van der Waals surface area (Å²) in [5.41, 5.74) is 6.27. The number of fused-ring (bicyclic) bond motifs is 3. The molecular weight excluding hydrogens is 1170 g/mol. The van der Waals surface area contributed by atoms with E-state index in [1.54, 1.807) is 47.8 Å². The second kappa shape index (κ2) is 31.8. The third-order valence-corrected chi connectivity index (χ3v) is 13.6. The average molecular weight is 1230 g/mol. The number of hydrogen-bond acceptors (Lipinski definition) is 13. The normalized spacial score (nSPS) is 11.1. The van der Waals surface area contributed by atoms with E-state index in [1.807, 2.05) is 127 Å². The van der Waals surface area contributed by atoms with Gasteiger partial charge in [-0.25, -0.2) is 4.98 Å². The van der Waals surface area contributed by atoms with Crippen LogP contribution in [0, 0.1) is 12.1 Å². The first-order valence-electron chi connectivity index (χ1n) is 23.4. The molecule has 1 radical (unpaired) electrons. The van der Waals surface area contributed by atoms with E-state index in [0.29, 0.717) is 30.7 Å².